The van der Waals surface area contributed by atoms with Gasteiger partial charge in [0.05, 0.1) is 6.10 Å². The van der Waals surface area contributed by atoms with Crippen molar-refractivity contribution in [1.29, 1.82) is 0 Å². The van der Waals surface area contributed by atoms with Gasteiger partial charge in [-0.05, 0) is 37.0 Å². The van der Waals surface area contributed by atoms with Gasteiger partial charge in [-0.1, -0.05) is 6.07 Å². The Kier molecular flexibility index (Phi) is 3.22. The van der Waals surface area contributed by atoms with Gasteiger partial charge in [0.2, 0.25) is 0 Å². The summed E-state index contributed by atoms with van der Waals surface area (Å²) in [5, 5.41) is 13.3. The van der Waals surface area contributed by atoms with Gasteiger partial charge in [-0.15, -0.1) is 0 Å². The lowest BCUT2D eigenvalue weighted by Gasteiger charge is -2.23. The van der Waals surface area contributed by atoms with E-state index in [0.717, 1.165) is 18.7 Å². The first-order chi connectivity index (χ1) is 8.72. The Labute approximate surface area is 107 Å². The van der Waals surface area contributed by atoms with Crippen LogP contribution in [0.15, 0.2) is 18.2 Å². The molecule has 3 nitrogen and oxygen atoms in total. The minimum Gasteiger partial charge on any atom is -0.390 e. The van der Waals surface area contributed by atoms with Gasteiger partial charge in [0, 0.05) is 31.4 Å². The molecule has 18 heavy (non-hydrogen) atoms. The largest absolute Gasteiger partial charge is 0.390 e. The third-order valence-electron chi connectivity index (χ3n) is 3.69. The van der Waals surface area contributed by atoms with Crippen molar-refractivity contribution in [3.05, 3.63) is 29.6 Å². The van der Waals surface area contributed by atoms with Crippen LogP contribution in [-0.2, 0) is 6.42 Å². The fourth-order valence-corrected chi connectivity index (χ4v) is 2.52. The molecule has 2 N–H and O–H groups in total. The number of hydrogen-bond acceptors (Lipinski definition) is 3. The summed E-state index contributed by atoms with van der Waals surface area (Å²) in [6, 6.07) is 5.54. The Bertz CT molecular complexity index is 434. The monoisotopic (exact) mass is 250 g/mol. The van der Waals surface area contributed by atoms with E-state index in [1.165, 1.54) is 24.5 Å². The number of hydrogen-bond donors (Lipinski definition) is 2. The van der Waals surface area contributed by atoms with Gasteiger partial charge in [-0.3, -0.25) is 0 Å². The zero-order valence-corrected chi connectivity index (χ0v) is 10.4. The number of rotatable bonds is 5. The Morgan fingerprint density at radius 1 is 1.44 bits per heavy atom. The van der Waals surface area contributed by atoms with E-state index in [0.29, 0.717) is 19.1 Å². The fraction of sp³-hybridized carbons (Fsp3) is 0.571. The van der Waals surface area contributed by atoms with Crippen LogP contribution in [0, 0.1) is 5.82 Å². The van der Waals surface area contributed by atoms with Crippen LogP contribution in [0.2, 0.25) is 0 Å². The van der Waals surface area contributed by atoms with Crippen LogP contribution < -0.4 is 10.2 Å². The number of anilines is 1. The predicted octanol–water partition coefficient (Wildman–Crippen LogP) is 1.30. The van der Waals surface area contributed by atoms with E-state index in [1.54, 1.807) is 6.07 Å². The second-order valence-corrected chi connectivity index (χ2v) is 5.31. The average molecular weight is 250 g/mol. The maximum Gasteiger partial charge on any atom is 0.125 e. The molecule has 0 spiro atoms. The molecule has 1 aliphatic heterocycles. The maximum absolute atomic E-state index is 13.2. The summed E-state index contributed by atoms with van der Waals surface area (Å²) >= 11 is 0. The first kappa shape index (κ1) is 11.9. The predicted molar refractivity (Wildman–Crippen MR) is 69.3 cm³/mol. The molecule has 2 aliphatic rings. The molecule has 1 fully saturated rings. The molecule has 98 valence electrons. The first-order valence-corrected chi connectivity index (χ1v) is 6.67. The summed E-state index contributed by atoms with van der Waals surface area (Å²) in [7, 11) is 0. The van der Waals surface area contributed by atoms with E-state index in [2.05, 4.69) is 10.2 Å². The molecular weight excluding hydrogens is 231 g/mol. The number of β-amino-alcohol motifs (C(OH)–C–C–N with tert-alkyl or cyclic N) is 1. The number of aliphatic hydroxyl groups excluding tert-OH is 1. The highest BCUT2D eigenvalue weighted by Gasteiger charge is 2.24. The van der Waals surface area contributed by atoms with Gasteiger partial charge in [0.1, 0.15) is 5.82 Å². The van der Waals surface area contributed by atoms with Crippen molar-refractivity contribution in [1.82, 2.24) is 5.32 Å². The molecule has 0 bridgehead atoms. The summed E-state index contributed by atoms with van der Waals surface area (Å²) in [5.41, 5.74) is 2.12. The zero-order chi connectivity index (χ0) is 12.5. The van der Waals surface area contributed by atoms with Crippen molar-refractivity contribution in [3.8, 4) is 0 Å². The van der Waals surface area contributed by atoms with E-state index in [4.69, 9.17) is 0 Å². The van der Waals surface area contributed by atoms with Gasteiger partial charge >= 0.3 is 0 Å². The van der Waals surface area contributed by atoms with Crippen LogP contribution in [0.3, 0.4) is 0 Å². The molecule has 1 aliphatic carbocycles. The topological polar surface area (TPSA) is 35.5 Å². The SMILES string of the molecule is OC(CNC1CC1)CN1CCc2ccc(F)cc21. The average Bonchev–Trinajstić information content (AvgIpc) is 3.11. The first-order valence-electron chi connectivity index (χ1n) is 6.67. The molecule has 1 aromatic carbocycles. The van der Waals surface area contributed by atoms with Gasteiger partial charge in [0.15, 0.2) is 0 Å². The molecule has 0 radical (unpaired) electrons. The Morgan fingerprint density at radius 2 is 2.28 bits per heavy atom. The number of benzene rings is 1. The number of nitrogens with one attached hydrogen (secondary N) is 1. The summed E-state index contributed by atoms with van der Waals surface area (Å²) in [5.74, 6) is -0.203. The minimum atomic E-state index is -0.389. The maximum atomic E-state index is 13.2. The molecule has 1 unspecified atom stereocenters. The molecule has 0 aromatic heterocycles. The lowest BCUT2D eigenvalue weighted by atomic mass is 10.1. The normalized spacial score (nSPS) is 20.0. The number of fused-ring (bicyclic) bond motifs is 1. The van der Waals surface area contributed by atoms with Crippen LogP contribution in [0.25, 0.3) is 0 Å². The molecule has 1 saturated carbocycles. The lowest BCUT2D eigenvalue weighted by Crippen LogP contribution is -2.38. The standard InChI is InChI=1S/C14H19FN2O/c15-11-2-1-10-5-6-17(14(10)7-11)9-13(18)8-16-12-3-4-12/h1-2,7,12-13,16,18H,3-6,8-9H2. The molecule has 1 atom stereocenters. The van der Waals surface area contributed by atoms with E-state index in [9.17, 15) is 9.50 Å². The summed E-state index contributed by atoms with van der Waals surface area (Å²) in [6.45, 7) is 2.08. The highest BCUT2D eigenvalue weighted by molar-refractivity contribution is 5.58. The second kappa shape index (κ2) is 4.86. The fourth-order valence-electron chi connectivity index (χ4n) is 2.52. The molecular formula is C14H19FN2O. The van der Waals surface area contributed by atoms with Crippen molar-refractivity contribution in [2.75, 3.05) is 24.5 Å². The molecule has 0 amide bonds. The van der Waals surface area contributed by atoms with Crippen LogP contribution in [-0.4, -0.2) is 36.9 Å². The van der Waals surface area contributed by atoms with E-state index in [1.807, 2.05) is 6.07 Å². The summed E-state index contributed by atoms with van der Waals surface area (Å²) in [6.07, 6.45) is 3.01. The van der Waals surface area contributed by atoms with Gasteiger partial charge in [-0.2, -0.15) is 0 Å². The smallest absolute Gasteiger partial charge is 0.125 e. The third kappa shape index (κ3) is 2.65. The second-order valence-electron chi connectivity index (χ2n) is 5.31. The Morgan fingerprint density at radius 3 is 3.06 bits per heavy atom. The van der Waals surface area contributed by atoms with Gasteiger partial charge in [0.25, 0.3) is 0 Å². The van der Waals surface area contributed by atoms with Gasteiger partial charge < -0.3 is 15.3 Å². The summed E-state index contributed by atoms with van der Waals surface area (Å²) < 4.78 is 13.2. The van der Waals surface area contributed by atoms with Crippen molar-refractivity contribution >= 4 is 5.69 Å². The third-order valence-corrected chi connectivity index (χ3v) is 3.69. The van der Waals surface area contributed by atoms with E-state index in [-0.39, 0.29) is 11.9 Å². The Balaban J connectivity index is 1.59. The van der Waals surface area contributed by atoms with Crippen LogP contribution in [0.4, 0.5) is 10.1 Å². The van der Waals surface area contributed by atoms with Crippen molar-refractivity contribution < 1.29 is 9.50 Å². The Hall–Kier alpha value is -1.13. The highest BCUT2D eigenvalue weighted by atomic mass is 19.1. The molecule has 3 rings (SSSR count). The number of nitrogens with zero attached hydrogens (tertiary/aromatic N) is 1. The zero-order valence-electron chi connectivity index (χ0n) is 10.4. The van der Waals surface area contributed by atoms with Crippen LogP contribution in [0.5, 0.6) is 0 Å². The van der Waals surface area contributed by atoms with Crippen molar-refractivity contribution in [3.63, 3.8) is 0 Å². The van der Waals surface area contributed by atoms with Crippen molar-refractivity contribution in [2.45, 2.75) is 31.4 Å². The van der Waals surface area contributed by atoms with Crippen LogP contribution >= 0.6 is 0 Å². The van der Waals surface area contributed by atoms with E-state index < -0.39 is 0 Å². The van der Waals surface area contributed by atoms with E-state index >= 15 is 0 Å². The minimum absolute atomic E-state index is 0.203. The molecule has 1 heterocycles. The van der Waals surface area contributed by atoms with Crippen LogP contribution in [0.1, 0.15) is 18.4 Å². The quantitative estimate of drug-likeness (QED) is 0.827. The number of halogens is 1. The summed E-state index contributed by atoms with van der Waals surface area (Å²) in [4.78, 5) is 2.08. The highest BCUT2D eigenvalue weighted by Crippen LogP contribution is 2.28. The lowest BCUT2D eigenvalue weighted by molar-refractivity contribution is 0.176. The number of aliphatic hydroxyl groups is 1. The van der Waals surface area contributed by atoms with Crippen molar-refractivity contribution in [2.24, 2.45) is 0 Å². The molecule has 1 aromatic rings. The molecule has 4 heteroatoms. The van der Waals surface area contributed by atoms with Gasteiger partial charge in [-0.25, -0.2) is 4.39 Å². The molecule has 0 saturated heterocycles.